The van der Waals surface area contributed by atoms with Crippen LogP contribution >= 0.6 is 11.8 Å². The Labute approximate surface area is 167 Å². The van der Waals surface area contributed by atoms with Crippen LogP contribution in [-0.4, -0.2) is 31.0 Å². The third kappa shape index (κ3) is 4.43. The van der Waals surface area contributed by atoms with Gasteiger partial charge >= 0.3 is 11.9 Å². The number of para-hydroxylation sites is 1. The van der Waals surface area contributed by atoms with E-state index in [4.69, 9.17) is 9.47 Å². The molecule has 0 saturated heterocycles. The van der Waals surface area contributed by atoms with Crippen LogP contribution in [0, 0.1) is 0 Å². The number of ether oxygens (including phenoxy) is 2. The number of aliphatic imine (C=N–C) groups is 1. The fourth-order valence-corrected chi connectivity index (χ4v) is 3.59. The third-order valence-corrected chi connectivity index (χ3v) is 4.97. The van der Waals surface area contributed by atoms with Gasteiger partial charge in [-0.2, -0.15) is 0 Å². The molecule has 1 aliphatic rings. The minimum atomic E-state index is -0.762. The molecular formula is C21H20N2O4S. The smallest absolute Gasteiger partial charge is 0.347 e. The Hall–Kier alpha value is -3.06. The molecule has 0 fully saturated rings. The van der Waals surface area contributed by atoms with E-state index in [0.717, 1.165) is 21.0 Å². The van der Waals surface area contributed by atoms with E-state index in [0.29, 0.717) is 5.84 Å². The van der Waals surface area contributed by atoms with Gasteiger partial charge in [-0.25, -0.2) is 14.6 Å². The largest absolute Gasteiger partial charge is 0.462 e. The van der Waals surface area contributed by atoms with E-state index in [-0.39, 0.29) is 18.8 Å². The van der Waals surface area contributed by atoms with E-state index in [1.807, 2.05) is 48.5 Å². The van der Waals surface area contributed by atoms with Crippen molar-refractivity contribution in [1.29, 1.82) is 0 Å². The molecule has 0 saturated carbocycles. The fraction of sp³-hybridized carbons (Fsp3) is 0.190. The van der Waals surface area contributed by atoms with Crippen molar-refractivity contribution in [2.75, 3.05) is 18.5 Å². The maximum Gasteiger partial charge on any atom is 0.347 e. The number of hydrogen-bond donors (Lipinski definition) is 1. The van der Waals surface area contributed by atoms with Crippen LogP contribution in [0.2, 0.25) is 0 Å². The monoisotopic (exact) mass is 396 g/mol. The molecule has 2 aromatic rings. The van der Waals surface area contributed by atoms with Crippen molar-refractivity contribution in [3.8, 4) is 0 Å². The van der Waals surface area contributed by atoms with Gasteiger partial charge in [0.05, 0.1) is 25.1 Å². The highest BCUT2D eigenvalue weighted by Crippen LogP contribution is 2.38. The Kier molecular flexibility index (Phi) is 6.49. The molecule has 0 amide bonds. The van der Waals surface area contributed by atoms with Crippen molar-refractivity contribution in [3.05, 3.63) is 65.9 Å². The van der Waals surface area contributed by atoms with Crippen molar-refractivity contribution < 1.29 is 19.1 Å². The lowest BCUT2D eigenvalue weighted by atomic mass is 10.2. The van der Waals surface area contributed by atoms with E-state index in [1.165, 1.54) is 6.20 Å². The zero-order valence-electron chi connectivity index (χ0n) is 15.6. The molecule has 1 N–H and O–H groups in total. The third-order valence-electron chi connectivity index (χ3n) is 3.82. The minimum absolute atomic E-state index is 0.150. The molecule has 1 heterocycles. The normalized spacial score (nSPS) is 13.4. The van der Waals surface area contributed by atoms with Crippen LogP contribution in [-0.2, 0) is 19.1 Å². The number of anilines is 1. The number of fused-ring (bicyclic) bond motifs is 2. The van der Waals surface area contributed by atoms with Crippen molar-refractivity contribution in [3.63, 3.8) is 0 Å². The number of esters is 2. The van der Waals surface area contributed by atoms with Crippen LogP contribution in [0.3, 0.4) is 0 Å². The molecule has 0 bridgehead atoms. The molecule has 0 aliphatic carbocycles. The van der Waals surface area contributed by atoms with Gasteiger partial charge in [-0.1, -0.05) is 42.1 Å². The molecule has 0 spiro atoms. The zero-order chi connectivity index (χ0) is 19.9. The summed E-state index contributed by atoms with van der Waals surface area (Å²) < 4.78 is 9.92. The van der Waals surface area contributed by atoms with Crippen LogP contribution in [0.1, 0.15) is 19.4 Å². The summed E-state index contributed by atoms with van der Waals surface area (Å²) in [6, 6.07) is 15.7. The number of rotatable bonds is 5. The molecule has 0 atom stereocenters. The Morgan fingerprint density at radius 1 is 0.964 bits per heavy atom. The average molecular weight is 396 g/mol. The molecule has 28 heavy (non-hydrogen) atoms. The van der Waals surface area contributed by atoms with E-state index < -0.39 is 11.9 Å². The maximum absolute atomic E-state index is 12.2. The molecule has 1 aliphatic heterocycles. The first-order valence-electron chi connectivity index (χ1n) is 8.89. The van der Waals surface area contributed by atoms with Gasteiger partial charge in [0.15, 0.2) is 5.57 Å². The number of amidine groups is 1. The van der Waals surface area contributed by atoms with Crippen molar-refractivity contribution >= 4 is 35.2 Å². The number of carbonyl (C=O) groups excluding carboxylic acids is 2. The van der Waals surface area contributed by atoms with E-state index >= 15 is 0 Å². The Bertz CT molecular complexity index is 933. The predicted octanol–water partition coefficient (Wildman–Crippen LogP) is 4.02. The highest BCUT2D eigenvalue weighted by atomic mass is 32.2. The van der Waals surface area contributed by atoms with Crippen LogP contribution in [0.15, 0.2) is 75.1 Å². The first-order chi connectivity index (χ1) is 13.6. The van der Waals surface area contributed by atoms with Crippen LogP contribution in [0.4, 0.5) is 5.69 Å². The van der Waals surface area contributed by atoms with Gasteiger partial charge in [0.1, 0.15) is 5.84 Å². The molecule has 144 valence electrons. The highest BCUT2D eigenvalue weighted by Gasteiger charge is 2.22. The lowest BCUT2D eigenvalue weighted by Gasteiger charge is -2.09. The Morgan fingerprint density at radius 2 is 1.57 bits per heavy atom. The van der Waals surface area contributed by atoms with Crippen LogP contribution in [0.5, 0.6) is 0 Å². The lowest BCUT2D eigenvalue weighted by Crippen LogP contribution is -2.19. The van der Waals surface area contributed by atoms with Crippen LogP contribution in [0.25, 0.3) is 0 Å². The average Bonchev–Trinajstić information content (AvgIpc) is 2.85. The second-order valence-corrected chi connectivity index (χ2v) is 6.76. The van der Waals surface area contributed by atoms with E-state index in [2.05, 4.69) is 10.3 Å². The van der Waals surface area contributed by atoms with Crippen molar-refractivity contribution in [2.45, 2.75) is 23.6 Å². The summed E-state index contributed by atoms with van der Waals surface area (Å²) in [6.07, 6.45) is 1.20. The predicted molar refractivity (Wildman–Crippen MR) is 109 cm³/mol. The fourth-order valence-electron chi connectivity index (χ4n) is 2.56. The summed E-state index contributed by atoms with van der Waals surface area (Å²) in [7, 11) is 0. The van der Waals surface area contributed by atoms with E-state index in [1.54, 1.807) is 25.6 Å². The number of carbonyl (C=O) groups is 2. The van der Waals surface area contributed by atoms with Gasteiger partial charge in [0.2, 0.25) is 0 Å². The maximum atomic E-state index is 12.2. The van der Waals surface area contributed by atoms with E-state index in [9.17, 15) is 9.59 Å². The number of nitrogens with one attached hydrogen (secondary N) is 1. The molecule has 2 aromatic carbocycles. The van der Waals surface area contributed by atoms with Gasteiger partial charge in [0.25, 0.3) is 0 Å². The first-order valence-corrected chi connectivity index (χ1v) is 9.71. The summed E-state index contributed by atoms with van der Waals surface area (Å²) in [6.45, 7) is 3.64. The number of benzene rings is 2. The van der Waals surface area contributed by atoms with Crippen molar-refractivity contribution in [2.24, 2.45) is 4.99 Å². The SMILES string of the molecule is CCOC(=O)C(=CN=C1Nc2ccccc2Sc2ccccc21)C(=O)OCC. The number of hydrogen-bond acceptors (Lipinski definition) is 6. The van der Waals surface area contributed by atoms with Gasteiger partial charge in [-0.3, -0.25) is 0 Å². The molecule has 0 radical (unpaired) electrons. The molecule has 6 nitrogen and oxygen atoms in total. The first kappa shape index (κ1) is 19.7. The van der Waals surface area contributed by atoms with Gasteiger partial charge in [0, 0.05) is 15.4 Å². The second-order valence-electron chi connectivity index (χ2n) is 5.68. The summed E-state index contributed by atoms with van der Waals surface area (Å²) in [4.78, 5) is 30.8. The molecular weight excluding hydrogens is 376 g/mol. The van der Waals surface area contributed by atoms with Gasteiger partial charge < -0.3 is 14.8 Å². The van der Waals surface area contributed by atoms with Gasteiger partial charge in [-0.15, -0.1) is 0 Å². The topological polar surface area (TPSA) is 77.0 Å². The standard InChI is InChI=1S/C21H20N2O4S/c1-3-26-20(24)15(21(25)27-4-2)13-22-19-14-9-5-7-11-17(14)28-18-12-8-6-10-16(18)23-19/h5-13H,3-4H2,1-2H3,(H,22,23). The molecule has 0 aromatic heterocycles. The Morgan fingerprint density at radius 3 is 2.25 bits per heavy atom. The second kappa shape index (κ2) is 9.23. The highest BCUT2D eigenvalue weighted by molar-refractivity contribution is 7.99. The lowest BCUT2D eigenvalue weighted by molar-refractivity contribution is -0.146. The minimum Gasteiger partial charge on any atom is -0.462 e. The quantitative estimate of drug-likeness (QED) is 0.356. The zero-order valence-corrected chi connectivity index (χ0v) is 16.4. The van der Waals surface area contributed by atoms with Crippen molar-refractivity contribution in [1.82, 2.24) is 0 Å². The molecule has 0 unspecified atom stereocenters. The summed E-state index contributed by atoms with van der Waals surface area (Å²) in [5, 5.41) is 3.29. The summed E-state index contributed by atoms with van der Waals surface area (Å²) in [5.74, 6) is -0.997. The summed E-state index contributed by atoms with van der Waals surface area (Å²) >= 11 is 1.62. The van der Waals surface area contributed by atoms with Gasteiger partial charge in [-0.05, 0) is 32.0 Å². The van der Waals surface area contributed by atoms with Crippen LogP contribution < -0.4 is 5.32 Å². The molecule has 3 rings (SSSR count). The molecule has 7 heteroatoms. The number of nitrogens with zero attached hydrogens (tertiary/aromatic N) is 1. The Balaban J connectivity index is 2.06. The summed E-state index contributed by atoms with van der Waals surface area (Å²) in [5.41, 5.74) is 1.51.